The zero-order valence-corrected chi connectivity index (χ0v) is 12.3. The Balaban J connectivity index is 1.76. The maximum atomic E-state index is 12.2. The lowest BCUT2D eigenvalue weighted by Crippen LogP contribution is -2.20. The Hall–Kier alpha value is -3.03. The Bertz CT molecular complexity index is 743. The second kappa shape index (κ2) is 6.39. The number of anilines is 2. The van der Waals surface area contributed by atoms with Crippen molar-refractivity contribution in [2.24, 2.45) is 0 Å². The molecule has 23 heavy (non-hydrogen) atoms. The molecular weight excluding hydrogens is 298 g/mol. The molecule has 0 bridgehead atoms. The minimum absolute atomic E-state index is 0.127. The zero-order chi connectivity index (χ0) is 16.2. The minimum Gasteiger partial charge on any atom is -0.356 e. The zero-order valence-electron chi connectivity index (χ0n) is 12.3. The first-order chi connectivity index (χ1) is 11.1. The van der Waals surface area contributed by atoms with Crippen LogP contribution >= 0.6 is 0 Å². The third-order valence-corrected chi connectivity index (χ3v) is 3.64. The molecule has 1 aliphatic heterocycles. The molecule has 0 radical (unpaired) electrons. The van der Waals surface area contributed by atoms with Crippen molar-refractivity contribution in [2.45, 2.75) is 12.8 Å². The Morgan fingerprint density at radius 3 is 2.74 bits per heavy atom. The number of hydrogen-bond donors (Lipinski definition) is 1. The van der Waals surface area contributed by atoms with Gasteiger partial charge in [0, 0.05) is 36.9 Å². The van der Waals surface area contributed by atoms with E-state index in [9.17, 15) is 14.9 Å². The molecule has 1 saturated heterocycles. The summed E-state index contributed by atoms with van der Waals surface area (Å²) in [5, 5.41) is 13.4. The van der Waals surface area contributed by atoms with Crippen molar-refractivity contribution in [2.75, 3.05) is 23.3 Å². The van der Waals surface area contributed by atoms with E-state index in [1.54, 1.807) is 6.07 Å². The highest BCUT2D eigenvalue weighted by molar-refractivity contribution is 6.04. The standard InChI is InChI=1S/C15H15N5O3/c21-15(11-4-3-5-12(8-11)20(22)23)18-13-9-14(17-10-16-13)19-6-1-2-7-19/h3-5,8-10H,1-2,6-7H2,(H,16,17,18,21). The molecule has 2 aromatic rings. The molecule has 0 spiro atoms. The van der Waals surface area contributed by atoms with Crippen LogP contribution in [0.4, 0.5) is 17.3 Å². The van der Waals surface area contributed by atoms with Gasteiger partial charge in [-0.15, -0.1) is 0 Å². The van der Waals surface area contributed by atoms with Gasteiger partial charge < -0.3 is 10.2 Å². The first-order valence-electron chi connectivity index (χ1n) is 7.26. The summed E-state index contributed by atoms with van der Waals surface area (Å²) in [6.07, 6.45) is 3.65. The van der Waals surface area contributed by atoms with E-state index in [1.807, 2.05) is 0 Å². The topological polar surface area (TPSA) is 101 Å². The lowest BCUT2D eigenvalue weighted by Gasteiger charge is -2.16. The number of hydrogen-bond acceptors (Lipinski definition) is 6. The van der Waals surface area contributed by atoms with Crippen LogP contribution in [0.1, 0.15) is 23.2 Å². The van der Waals surface area contributed by atoms with Crippen LogP contribution in [0, 0.1) is 10.1 Å². The van der Waals surface area contributed by atoms with E-state index < -0.39 is 10.8 Å². The van der Waals surface area contributed by atoms with Gasteiger partial charge in [-0.2, -0.15) is 0 Å². The number of aromatic nitrogens is 2. The first kappa shape index (κ1) is 14.9. The Morgan fingerprint density at radius 1 is 1.22 bits per heavy atom. The van der Waals surface area contributed by atoms with Gasteiger partial charge in [-0.1, -0.05) is 6.07 Å². The molecule has 8 heteroatoms. The number of nitrogens with one attached hydrogen (secondary N) is 1. The third kappa shape index (κ3) is 3.42. The van der Waals surface area contributed by atoms with Crippen LogP contribution in [0.25, 0.3) is 0 Å². The van der Waals surface area contributed by atoms with Crippen LogP contribution in [0.3, 0.4) is 0 Å². The molecule has 118 valence electrons. The molecule has 0 unspecified atom stereocenters. The molecule has 1 amide bonds. The van der Waals surface area contributed by atoms with Gasteiger partial charge in [0.2, 0.25) is 0 Å². The summed E-state index contributed by atoms with van der Waals surface area (Å²) in [4.78, 5) is 32.8. The molecule has 1 N–H and O–H groups in total. The van der Waals surface area contributed by atoms with Gasteiger partial charge in [-0.05, 0) is 18.9 Å². The van der Waals surface area contributed by atoms with E-state index >= 15 is 0 Å². The van der Waals surface area contributed by atoms with Crippen molar-refractivity contribution in [1.29, 1.82) is 0 Å². The minimum atomic E-state index is -0.535. The van der Waals surface area contributed by atoms with Crippen molar-refractivity contribution in [3.63, 3.8) is 0 Å². The lowest BCUT2D eigenvalue weighted by atomic mass is 10.2. The summed E-state index contributed by atoms with van der Waals surface area (Å²) in [6.45, 7) is 1.88. The number of benzene rings is 1. The highest BCUT2D eigenvalue weighted by Gasteiger charge is 2.16. The second-order valence-electron chi connectivity index (χ2n) is 5.22. The summed E-state index contributed by atoms with van der Waals surface area (Å²) in [7, 11) is 0. The molecule has 3 rings (SSSR count). The van der Waals surface area contributed by atoms with Crippen molar-refractivity contribution in [1.82, 2.24) is 9.97 Å². The van der Waals surface area contributed by atoms with Crippen molar-refractivity contribution in [3.8, 4) is 0 Å². The molecule has 1 aromatic heterocycles. The maximum Gasteiger partial charge on any atom is 0.270 e. The molecular formula is C15H15N5O3. The highest BCUT2D eigenvalue weighted by atomic mass is 16.6. The number of amides is 1. The number of rotatable bonds is 4. The number of nitro benzene ring substituents is 1. The Kier molecular flexibility index (Phi) is 4.13. The van der Waals surface area contributed by atoms with Gasteiger partial charge in [0.15, 0.2) is 0 Å². The summed E-state index contributed by atoms with van der Waals surface area (Å²) >= 11 is 0. The van der Waals surface area contributed by atoms with E-state index in [0.29, 0.717) is 5.82 Å². The molecule has 0 saturated carbocycles. The lowest BCUT2D eigenvalue weighted by molar-refractivity contribution is -0.384. The van der Waals surface area contributed by atoms with Gasteiger partial charge in [0.05, 0.1) is 4.92 Å². The van der Waals surface area contributed by atoms with Gasteiger partial charge in [0.1, 0.15) is 18.0 Å². The first-order valence-corrected chi connectivity index (χ1v) is 7.26. The second-order valence-corrected chi connectivity index (χ2v) is 5.22. The third-order valence-electron chi connectivity index (χ3n) is 3.64. The van der Waals surface area contributed by atoms with E-state index in [-0.39, 0.29) is 11.3 Å². The average Bonchev–Trinajstić information content (AvgIpc) is 3.10. The summed E-state index contributed by atoms with van der Waals surface area (Å²) in [6, 6.07) is 7.28. The van der Waals surface area contributed by atoms with Crippen molar-refractivity contribution >= 4 is 23.2 Å². The average molecular weight is 313 g/mol. The number of carbonyl (C=O) groups is 1. The SMILES string of the molecule is O=C(Nc1cc(N2CCCC2)ncn1)c1cccc([N+](=O)[O-])c1. The van der Waals surface area contributed by atoms with Crippen molar-refractivity contribution in [3.05, 3.63) is 52.3 Å². The fraction of sp³-hybridized carbons (Fsp3) is 0.267. The van der Waals surface area contributed by atoms with E-state index in [1.165, 1.54) is 30.6 Å². The Morgan fingerprint density at radius 2 is 2.00 bits per heavy atom. The quantitative estimate of drug-likeness (QED) is 0.686. The van der Waals surface area contributed by atoms with Gasteiger partial charge >= 0.3 is 0 Å². The van der Waals surface area contributed by atoms with E-state index in [0.717, 1.165) is 31.7 Å². The number of nitro groups is 1. The number of non-ortho nitro benzene ring substituents is 1. The fourth-order valence-electron chi connectivity index (χ4n) is 2.48. The van der Waals surface area contributed by atoms with Crippen molar-refractivity contribution < 1.29 is 9.72 Å². The maximum absolute atomic E-state index is 12.2. The van der Waals surface area contributed by atoms with E-state index in [2.05, 4.69) is 20.2 Å². The molecule has 1 aromatic carbocycles. The molecule has 0 aliphatic carbocycles. The highest BCUT2D eigenvalue weighted by Crippen LogP contribution is 2.20. The normalized spacial score (nSPS) is 13.8. The van der Waals surface area contributed by atoms with Crippen LogP contribution in [0.2, 0.25) is 0 Å². The summed E-state index contributed by atoms with van der Waals surface area (Å²) < 4.78 is 0. The van der Waals surface area contributed by atoms with Crippen LogP contribution in [0.15, 0.2) is 36.7 Å². The largest absolute Gasteiger partial charge is 0.356 e. The number of carbonyl (C=O) groups excluding carboxylic acids is 1. The smallest absolute Gasteiger partial charge is 0.270 e. The van der Waals surface area contributed by atoms with E-state index in [4.69, 9.17) is 0 Å². The molecule has 8 nitrogen and oxygen atoms in total. The summed E-state index contributed by atoms with van der Waals surface area (Å²) in [5.41, 5.74) is 0.0821. The van der Waals surface area contributed by atoms with Crippen LogP contribution in [-0.4, -0.2) is 33.9 Å². The van der Waals surface area contributed by atoms with Gasteiger partial charge in [0.25, 0.3) is 11.6 Å². The van der Waals surface area contributed by atoms with Crippen LogP contribution < -0.4 is 10.2 Å². The van der Waals surface area contributed by atoms with Gasteiger partial charge in [-0.3, -0.25) is 14.9 Å². The van der Waals surface area contributed by atoms with Gasteiger partial charge in [-0.25, -0.2) is 9.97 Å². The van der Waals surface area contributed by atoms with Crippen LogP contribution in [-0.2, 0) is 0 Å². The fourth-order valence-corrected chi connectivity index (χ4v) is 2.48. The predicted molar refractivity (Wildman–Crippen MR) is 84.5 cm³/mol. The molecule has 2 heterocycles. The molecule has 1 aliphatic rings. The Labute approximate surface area is 132 Å². The monoisotopic (exact) mass is 313 g/mol. The summed E-state index contributed by atoms with van der Waals surface area (Å²) in [5.74, 6) is 0.699. The van der Waals surface area contributed by atoms with Crippen LogP contribution in [0.5, 0.6) is 0 Å². The number of nitrogens with zero attached hydrogens (tertiary/aromatic N) is 4. The molecule has 1 fully saturated rings. The molecule has 0 atom stereocenters. The predicted octanol–water partition coefficient (Wildman–Crippen LogP) is 2.24.